The van der Waals surface area contributed by atoms with E-state index in [1.165, 1.54) is 24.3 Å². The molecule has 1 aliphatic carbocycles. The Kier molecular flexibility index (Phi) is 4.91. The van der Waals surface area contributed by atoms with Gasteiger partial charge in [-0.25, -0.2) is 0 Å². The number of carbonyl (C=O) groups excluding carboxylic acids is 1. The number of aliphatic hydroxyl groups is 1. The van der Waals surface area contributed by atoms with Crippen LogP contribution in [0.15, 0.2) is 52.9 Å². The molecule has 4 rings (SSSR count). The van der Waals surface area contributed by atoms with Gasteiger partial charge < -0.3 is 19.6 Å². The molecule has 156 valence electrons. The minimum absolute atomic E-state index is 0.0112. The summed E-state index contributed by atoms with van der Waals surface area (Å²) in [7, 11) is 0. The van der Waals surface area contributed by atoms with Gasteiger partial charge in [-0.15, -0.1) is 23.4 Å². The lowest BCUT2D eigenvalue weighted by Crippen LogP contribution is -2.38. The van der Waals surface area contributed by atoms with Gasteiger partial charge in [0, 0.05) is 22.6 Å². The molecule has 0 bridgehead atoms. The van der Waals surface area contributed by atoms with Crippen molar-refractivity contribution in [3.63, 3.8) is 0 Å². The molecule has 1 heterocycles. The van der Waals surface area contributed by atoms with Crippen molar-refractivity contribution in [2.75, 3.05) is 0 Å². The van der Waals surface area contributed by atoms with Gasteiger partial charge in [0.1, 0.15) is 11.3 Å². The van der Waals surface area contributed by atoms with Crippen LogP contribution in [0.3, 0.4) is 0 Å². The second kappa shape index (κ2) is 7.29. The molecule has 3 aromatic rings. The van der Waals surface area contributed by atoms with Crippen LogP contribution in [0.25, 0.3) is 11.5 Å². The number of benzene rings is 2. The van der Waals surface area contributed by atoms with Gasteiger partial charge in [0.15, 0.2) is 0 Å². The van der Waals surface area contributed by atoms with E-state index in [4.69, 9.17) is 16.0 Å². The maximum absolute atomic E-state index is 12.5. The third-order valence-corrected chi connectivity index (χ3v) is 4.76. The molecule has 1 saturated carbocycles. The zero-order valence-corrected chi connectivity index (χ0v) is 15.7. The SMILES string of the molecule is O=C(NC1(c2nnc(-c3ccc(OC(F)(F)F)cc3)o2)C[C@H]1O)c1ccc(Cl)cc1. The molecule has 0 spiro atoms. The van der Waals surface area contributed by atoms with E-state index in [2.05, 4.69) is 20.3 Å². The van der Waals surface area contributed by atoms with Crippen LogP contribution in [-0.2, 0) is 5.54 Å². The van der Waals surface area contributed by atoms with E-state index in [9.17, 15) is 23.1 Å². The lowest BCUT2D eigenvalue weighted by molar-refractivity contribution is -0.274. The van der Waals surface area contributed by atoms with Gasteiger partial charge in [-0.3, -0.25) is 4.79 Å². The van der Waals surface area contributed by atoms with Gasteiger partial charge in [-0.2, -0.15) is 0 Å². The van der Waals surface area contributed by atoms with Gasteiger partial charge in [0.05, 0.1) is 6.10 Å². The summed E-state index contributed by atoms with van der Waals surface area (Å²) in [5, 5.41) is 21.0. The summed E-state index contributed by atoms with van der Waals surface area (Å²) in [5.41, 5.74) is -0.558. The Labute approximate surface area is 172 Å². The number of alkyl halides is 3. The fraction of sp³-hybridized carbons (Fsp3) is 0.211. The summed E-state index contributed by atoms with van der Waals surface area (Å²) in [6.07, 6.45) is -5.55. The monoisotopic (exact) mass is 439 g/mol. The first kappa shape index (κ1) is 20.2. The van der Waals surface area contributed by atoms with Crippen molar-refractivity contribution in [3.8, 4) is 17.2 Å². The molecule has 0 saturated heterocycles. The van der Waals surface area contributed by atoms with Crippen LogP contribution in [0.2, 0.25) is 5.02 Å². The summed E-state index contributed by atoms with van der Waals surface area (Å²) in [6, 6.07) is 11.0. The van der Waals surface area contributed by atoms with Gasteiger partial charge >= 0.3 is 6.36 Å². The number of aromatic nitrogens is 2. The first-order chi connectivity index (χ1) is 14.2. The first-order valence-corrected chi connectivity index (χ1v) is 9.00. The van der Waals surface area contributed by atoms with Crippen molar-refractivity contribution in [3.05, 3.63) is 65.0 Å². The molecular formula is C19H13ClF3N3O4. The Balaban J connectivity index is 1.52. The molecule has 30 heavy (non-hydrogen) atoms. The van der Waals surface area contributed by atoms with Crippen LogP contribution < -0.4 is 10.1 Å². The van der Waals surface area contributed by atoms with Crippen LogP contribution >= 0.6 is 11.6 Å². The molecule has 1 aromatic heterocycles. The summed E-state index contributed by atoms with van der Waals surface area (Å²) in [5.74, 6) is -0.849. The lowest BCUT2D eigenvalue weighted by atomic mass is 10.2. The zero-order chi connectivity index (χ0) is 21.5. The van der Waals surface area contributed by atoms with Gasteiger partial charge in [-0.1, -0.05) is 11.6 Å². The Morgan fingerprint density at radius 3 is 2.37 bits per heavy atom. The van der Waals surface area contributed by atoms with Crippen molar-refractivity contribution >= 4 is 17.5 Å². The number of aliphatic hydroxyl groups excluding tert-OH is 1. The van der Waals surface area contributed by atoms with E-state index >= 15 is 0 Å². The normalized spacial score (nSPS) is 20.6. The minimum Gasteiger partial charge on any atom is -0.418 e. The van der Waals surface area contributed by atoms with Crippen LogP contribution in [-0.4, -0.2) is 33.7 Å². The van der Waals surface area contributed by atoms with Crippen molar-refractivity contribution in [2.24, 2.45) is 0 Å². The highest BCUT2D eigenvalue weighted by atomic mass is 35.5. The number of nitrogens with one attached hydrogen (secondary N) is 1. The summed E-state index contributed by atoms with van der Waals surface area (Å²) >= 11 is 5.81. The van der Waals surface area contributed by atoms with Crippen LogP contribution in [0, 0.1) is 0 Å². The van der Waals surface area contributed by atoms with Gasteiger partial charge in [0.2, 0.25) is 11.8 Å². The highest BCUT2D eigenvalue weighted by Crippen LogP contribution is 2.46. The van der Waals surface area contributed by atoms with Crippen LogP contribution in [0.4, 0.5) is 13.2 Å². The number of hydrogen-bond acceptors (Lipinski definition) is 6. The summed E-state index contributed by atoms with van der Waals surface area (Å²) in [6.45, 7) is 0. The Bertz CT molecular complexity index is 1070. The van der Waals surface area contributed by atoms with Gasteiger partial charge in [0.25, 0.3) is 5.91 Å². The van der Waals surface area contributed by atoms with Crippen molar-refractivity contribution < 1.29 is 32.2 Å². The van der Waals surface area contributed by atoms with E-state index in [-0.39, 0.29) is 18.2 Å². The van der Waals surface area contributed by atoms with Crippen LogP contribution in [0.5, 0.6) is 5.75 Å². The molecular weight excluding hydrogens is 427 g/mol. The van der Waals surface area contributed by atoms with Crippen molar-refractivity contribution in [1.82, 2.24) is 15.5 Å². The Morgan fingerprint density at radius 2 is 1.80 bits per heavy atom. The molecule has 1 unspecified atom stereocenters. The van der Waals surface area contributed by atoms with E-state index < -0.39 is 29.7 Å². The maximum Gasteiger partial charge on any atom is 0.573 e. The second-order valence-electron chi connectivity index (χ2n) is 6.64. The average molecular weight is 440 g/mol. The highest BCUT2D eigenvalue weighted by Gasteiger charge is 2.60. The fourth-order valence-electron chi connectivity index (χ4n) is 2.86. The third-order valence-electron chi connectivity index (χ3n) is 4.51. The molecule has 2 atom stereocenters. The largest absolute Gasteiger partial charge is 0.573 e. The van der Waals surface area contributed by atoms with E-state index in [0.29, 0.717) is 16.1 Å². The van der Waals surface area contributed by atoms with E-state index in [1.54, 1.807) is 12.1 Å². The zero-order valence-electron chi connectivity index (χ0n) is 15.0. The predicted octanol–water partition coefficient (Wildman–Crippen LogP) is 3.68. The van der Waals surface area contributed by atoms with E-state index in [1.807, 2.05) is 0 Å². The van der Waals surface area contributed by atoms with E-state index in [0.717, 1.165) is 12.1 Å². The molecule has 0 aliphatic heterocycles. The average Bonchev–Trinajstić information content (AvgIpc) is 3.10. The van der Waals surface area contributed by atoms with Crippen molar-refractivity contribution in [1.29, 1.82) is 0 Å². The molecule has 11 heteroatoms. The van der Waals surface area contributed by atoms with Crippen molar-refractivity contribution in [2.45, 2.75) is 24.4 Å². The second-order valence-corrected chi connectivity index (χ2v) is 7.07. The number of nitrogens with zero attached hydrogens (tertiary/aromatic N) is 2. The molecule has 1 amide bonds. The number of carbonyl (C=O) groups is 1. The fourth-order valence-corrected chi connectivity index (χ4v) is 2.99. The third kappa shape index (κ3) is 4.10. The smallest absolute Gasteiger partial charge is 0.418 e. The summed E-state index contributed by atoms with van der Waals surface area (Å²) in [4.78, 5) is 12.5. The summed E-state index contributed by atoms with van der Waals surface area (Å²) < 4.78 is 46.2. The predicted molar refractivity (Wildman–Crippen MR) is 97.6 cm³/mol. The first-order valence-electron chi connectivity index (χ1n) is 8.63. The quantitative estimate of drug-likeness (QED) is 0.629. The molecule has 1 aliphatic rings. The maximum atomic E-state index is 12.5. The lowest BCUT2D eigenvalue weighted by Gasteiger charge is -2.14. The minimum atomic E-state index is -4.80. The number of rotatable bonds is 5. The standard InChI is InChI=1S/C19H13ClF3N3O4/c20-12-5-1-10(2-6-12)15(28)24-18(9-14(18)27)17-26-25-16(29-17)11-3-7-13(8-4-11)30-19(21,22)23/h1-8,14,27H,9H2,(H,24,28)/t14-,18?/m1/s1. The molecule has 2 N–H and O–H groups in total. The molecule has 2 aromatic carbocycles. The number of ether oxygens (including phenoxy) is 1. The number of amides is 1. The van der Waals surface area contributed by atoms with Gasteiger partial charge in [-0.05, 0) is 48.5 Å². The number of halogens is 4. The molecule has 7 nitrogen and oxygen atoms in total. The Hall–Kier alpha value is -3.11. The molecule has 0 radical (unpaired) electrons. The highest BCUT2D eigenvalue weighted by molar-refractivity contribution is 6.30. The van der Waals surface area contributed by atoms with Crippen LogP contribution in [0.1, 0.15) is 22.7 Å². The number of hydrogen-bond donors (Lipinski definition) is 2. The topological polar surface area (TPSA) is 97.5 Å². The molecule has 1 fully saturated rings. The Morgan fingerprint density at radius 1 is 1.17 bits per heavy atom.